The highest BCUT2D eigenvalue weighted by Gasteiger charge is 2.00. The number of carbonyl (C=O) groups is 1. The lowest BCUT2D eigenvalue weighted by Crippen LogP contribution is -2.25. The molecule has 0 saturated heterocycles. The molecule has 0 aliphatic heterocycles. The van der Waals surface area contributed by atoms with Crippen molar-refractivity contribution in [1.29, 1.82) is 0 Å². The van der Waals surface area contributed by atoms with Gasteiger partial charge in [0.25, 0.3) is 0 Å². The van der Waals surface area contributed by atoms with Crippen LogP contribution in [0.1, 0.15) is 20.8 Å². The minimum atomic E-state index is -0.131. The molecule has 0 saturated carbocycles. The molecule has 0 atom stereocenters. The van der Waals surface area contributed by atoms with Crippen LogP contribution in [0.4, 0.5) is 0 Å². The molecule has 0 spiro atoms. The zero-order valence-electron chi connectivity index (χ0n) is 9.33. The Bertz CT molecular complexity index is 229. The van der Waals surface area contributed by atoms with Gasteiger partial charge in [0.2, 0.25) is 5.91 Å². The second kappa shape index (κ2) is 7.33. The predicted octanol–water partition coefficient (Wildman–Crippen LogP) is 1.86. The van der Waals surface area contributed by atoms with E-state index in [1.54, 1.807) is 0 Å². The van der Waals surface area contributed by atoms with Crippen LogP contribution in [0.2, 0.25) is 0 Å². The average molecular weight is 197 g/mol. The number of rotatable bonds is 5. The van der Waals surface area contributed by atoms with E-state index in [-0.39, 0.29) is 12.5 Å². The van der Waals surface area contributed by atoms with E-state index in [2.05, 4.69) is 19.2 Å². The molecular weight excluding hydrogens is 178 g/mol. The monoisotopic (exact) mass is 197 g/mol. The molecule has 0 aromatic heterocycles. The molecule has 80 valence electrons. The van der Waals surface area contributed by atoms with Crippen LogP contribution in [0.3, 0.4) is 0 Å². The lowest BCUT2D eigenvalue weighted by atomic mass is 10.2. The standard InChI is InChI=1S/C11H19NO2/c1-5-10(7-6-9(2)3)12-11(13)8-14-4/h5-7,9H,8H2,1-4H3,(H,12,13)/b7-6-,10-5+. The van der Waals surface area contributed by atoms with Crippen molar-refractivity contribution in [1.82, 2.24) is 5.32 Å². The van der Waals surface area contributed by atoms with Crippen LogP contribution < -0.4 is 5.32 Å². The number of ether oxygens (including phenoxy) is 1. The summed E-state index contributed by atoms with van der Waals surface area (Å²) in [5.74, 6) is 0.346. The van der Waals surface area contributed by atoms with Crippen LogP contribution in [-0.2, 0) is 9.53 Å². The Morgan fingerprint density at radius 3 is 2.57 bits per heavy atom. The van der Waals surface area contributed by atoms with Gasteiger partial charge in [0.1, 0.15) is 6.61 Å². The van der Waals surface area contributed by atoms with Crippen molar-refractivity contribution in [3.8, 4) is 0 Å². The second-order valence-electron chi connectivity index (χ2n) is 3.33. The van der Waals surface area contributed by atoms with E-state index in [9.17, 15) is 4.79 Å². The number of allylic oxidation sites excluding steroid dienone is 3. The third kappa shape index (κ3) is 6.43. The summed E-state index contributed by atoms with van der Waals surface area (Å²) >= 11 is 0. The first-order chi connectivity index (χ1) is 6.60. The highest BCUT2D eigenvalue weighted by molar-refractivity contribution is 5.79. The maximum atomic E-state index is 11.1. The fraction of sp³-hybridized carbons (Fsp3) is 0.545. The van der Waals surface area contributed by atoms with Gasteiger partial charge >= 0.3 is 0 Å². The molecule has 0 aliphatic carbocycles. The Morgan fingerprint density at radius 1 is 1.50 bits per heavy atom. The van der Waals surface area contributed by atoms with Crippen molar-refractivity contribution in [2.45, 2.75) is 20.8 Å². The fourth-order valence-electron chi connectivity index (χ4n) is 0.834. The van der Waals surface area contributed by atoms with Crippen LogP contribution in [0.15, 0.2) is 23.9 Å². The van der Waals surface area contributed by atoms with Gasteiger partial charge in [-0.05, 0) is 18.9 Å². The third-order valence-corrected chi connectivity index (χ3v) is 1.53. The quantitative estimate of drug-likeness (QED) is 0.683. The molecule has 0 bridgehead atoms. The van der Waals surface area contributed by atoms with E-state index in [0.29, 0.717) is 5.92 Å². The van der Waals surface area contributed by atoms with Gasteiger partial charge in [0.15, 0.2) is 0 Å². The van der Waals surface area contributed by atoms with Crippen molar-refractivity contribution < 1.29 is 9.53 Å². The Hall–Kier alpha value is -1.09. The Kier molecular flexibility index (Phi) is 6.76. The Balaban J connectivity index is 4.11. The molecule has 0 unspecified atom stereocenters. The van der Waals surface area contributed by atoms with Crippen LogP contribution in [0.5, 0.6) is 0 Å². The van der Waals surface area contributed by atoms with E-state index >= 15 is 0 Å². The molecule has 0 fully saturated rings. The zero-order chi connectivity index (χ0) is 11.0. The highest BCUT2D eigenvalue weighted by Crippen LogP contribution is 1.98. The van der Waals surface area contributed by atoms with Gasteiger partial charge in [0, 0.05) is 12.8 Å². The molecule has 1 N–H and O–H groups in total. The highest BCUT2D eigenvalue weighted by atomic mass is 16.5. The largest absolute Gasteiger partial charge is 0.375 e. The molecule has 3 nitrogen and oxygen atoms in total. The summed E-state index contributed by atoms with van der Waals surface area (Å²) in [7, 11) is 1.50. The fourth-order valence-corrected chi connectivity index (χ4v) is 0.834. The molecule has 3 heteroatoms. The van der Waals surface area contributed by atoms with Crippen LogP contribution in [0.25, 0.3) is 0 Å². The summed E-state index contributed by atoms with van der Waals surface area (Å²) < 4.78 is 4.71. The summed E-state index contributed by atoms with van der Waals surface area (Å²) in [6.07, 6.45) is 5.78. The maximum Gasteiger partial charge on any atom is 0.250 e. The molecule has 0 radical (unpaired) electrons. The summed E-state index contributed by atoms with van der Waals surface area (Å²) in [6, 6.07) is 0. The van der Waals surface area contributed by atoms with Crippen molar-refractivity contribution in [3.63, 3.8) is 0 Å². The Morgan fingerprint density at radius 2 is 2.14 bits per heavy atom. The van der Waals surface area contributed by atoms with Gasteiger partial charge in [-0.25, -0.2) is 0 Å². The first kappa shape index (κ1) is 12.9. The van der Waals surface area contributed by atoms with Gasteiger partial charge in [-0.15, -0.1) is 0 Å². The lowest BCUT2D eigenvalue weighted by Gasteiger charge is -2.05. The van der Waals surface area contributed by atoms with E-state index in [0.717, 1.165) is 5.70 Å². The predicted molar refractivity (Wildman–Crippen MR) is 57.8 cm³/mol. The normalized spacial score (nSPS) is 12.5. The van der Waals surface area contributed by atoms with Crippen LogP contribution in [0, 0.1) is 5.92 Å². The number of hydrogen-bond donors (Lipinski definition) is 1. The molecule has 0 aromatic rings. The SMILES string of the molecule is C/C=C(\C=C/C(C)C)NC(=O)COC. The molecule has 14 heavy (non-hydrogen) atoms. The van der Waals surface area contributed by atoms with Gasteiger partial charge in [-0.3, -0.25) is 4.79 Å². The van der Waals surface area contributed by atoms with Gasteiger partial charge in [-0.1, -0.05) is 26.0 Å². The van der Waals surface area contributed by atoms with Gasteiger partial charge in [0.05, 0.1) is 0 Å². The van der Waals surface area contributed by atoms with Crippen molar-refractivity contribution in [2.75, 3.05) is 13.7 Å². The number of amides is 1. The number of carbonyl (C=O) groups excluding carboxylic acids is 1. The number of methoxy groups -OCH3 is 1. The van der Waals surface area contributed by atoms with Crippen molar-refractivity contribution in [2.24, 2.45) is 5.92 Å². The summed E-state index contributed by atoms with van der Waals surface area (Å²) in [6.45, 7) is 6.14. The first-order valence-electron chi connectivity index (χ1n) is 4.73. The van der Waals surface area contributed by atoms with Gasteiger partial charge in [-0.2, -0.15) is 0 Å². The molecule has 0 aliphatic rings. The number of nitrogens with one attached hydrogen (secondary N) is 1. The molecule has 1 amide bonds. The van der Waals surface area contributed by atoms with Gasteiger partial charge < -0.3 is 10.1 Å². The second-order valence-corrected chi connectivity index (χ2v) is 3.33. The molecular formula is C11H19NO2. The zero-order valence-corrected chi connectivity index (χ0v) is 9.33. The summed E-state index contributed by atoms with van der Waals surface area (Å²) in [5, 5.41) is 2.73. The third-order valence-electron chi connectivity index (χ3n) is 1.53. The van der Waals surface area contributed by atoms with E-state index in [4.69, 9.17) is 4.74 Å². The van der Waals surface area contributed by atoms with Crippen LogP contribution in [-0.4, -0.2) is 19.6 Å². The average Bonchev–Trinajstić information content (AvgIpc) is 2.12. The van der Waals surface area contributed by atoms with Crippen molar-refractivity contribution >= 4 is 5.91 Å². The first-order valence-corrected chi connectivity index (χ1v) is 4.73. The minimum absolute atomic E-state index is 0.0901. The summed E-state index contributed by atoms with van der Waals surface area (Å²) in [5.41, 5.74) is 0.806. The maximum absolute atomic E-state index is 11.1. The Labute approximate surface area is 85.8 Å². The molecule has 0 aromatic carbocycles. The van der Waals surface area contributed by atoms with E-state index < -0.39 is 0 Å². The smallest absolute Gasteiger partial charge is 0.250 e. The van der Waals surface area contributed by atoms with Crippen molar-refractivity contribution in [3.05, 3.63) is 23.9 Å². The lowest BCUT2D eigenvalue weighted by molar-refractivity contribution is -0.123. The minimum Gasteiger partial charge on any atom is -0.375 e. The summed E-state index contributed by atoms with van der Waals surface area (Å²) in [4.78, 5) is 11.1. The van der Waals surface area contributed by atoms with E-state index in [1.165, 1.54) is 7.11 Å². The van der Waals surface area contributed by atoms with E-state index in [1.807, 2.05) is 25.2 Å². The topological polar surface area (TPSA) is 38.3 Å². The number of hydrogen-bond acceptors (Lipinski definition) is 2. The van der Waals surface area contributed by atoms with Crippen LogP contribution >= 0.6 is 0 Å². The molecule has 0 heterocycles. The molecule has 0 rings (SSSR count).